The third-order valence-corrected chi connectivity index (χ3v) is 3.98. The molecular weight excluding hydrogens is 210 g/mol. The normalized spacial score (nSPS) is 19.6. The van der Waals surface area contributed by atoms with E-state index in [1.165, 1.54) is 24.8 Å². The average Bonchev–Trinajstić information content (AvgIpc) is 2.34. The first-order valence-corrected chi connectivity index (χ1v) is 6.63. The van der Waals surface area contributed by atoms with Crippen molar-refractivity contribution in [1.29, 1.82) is 0 Å². The van der Waals surface area contributed by atoms with Crippen LogP contribution in [0.5, 0.6) is 0 Å². The summed E-state index contributed by atoms with van der Waals surface area (Å²) in [5, 5.41) is 3.65. The first-order chi connectivity index (χ1) is 8.29. The van der Waals surface area contributed by atoms with Crippen LogP contribution in [0.1, 0.15) is 44.2 Å². The summed E-state index contributed by atoms with van der Waals surface area (Å²) in [6, 6.07) is 11.1. The molecule has 1 aliphatic carbocycles. The number of rotatable bonds is 6. The Hall–Kier alpha value is -0.860. The number of ether oxygens (including phenoxy) is 1. The predicted octanol–water partition coefficient (Wildman–Crippen LogP) is 3.30. The Bertz CT molecular complexity index is 327. The Balaban J connectivity index is 1.92. The number of benzene rings is 1. The lowest BCUT2D eigenvalue weighted by Crippen LogP contribution is -2.48. The molecule has 2 rings (SSSR count). The van der Waals surface area contributed by atoms with Crippen LogP contribution in [-0.4, -0.2) is 19.3 Å². The highest BCUT2D eigenvalue weighted by molar-refractivity contribution is 5.18. The van der Waals surface area contributed by atoms with Gasteiger partial charge in [-0.2, -0.15) is 0 Å². The molecule has 0 aromatic heterocycles. The minimum absolute atomic E-state index is 0.113. The summed E-state index contributed by atoms with van der Waals surface area (Å²) in [5.41, 5.74) is 1.49. The lowest BCUT2D eigenvalue weighted by atomic mass is 9.79. The second-order valence-electron chi connectivity index (χ2n) is 4.99. The molecule has 0 saturated heterocycles. The predicted molar refractivity (Wildman–Crippen MR) is 71.1 cm³/mol. The highest BCUT2D eigenvalue weighted by atomic mass is 16.5. The van der Waals surface area contributed by atoms with Gasteiger partial charge >= 0.3 is 0 Å². The highest BCUT2D eigenvalue weighted by Gasteiger charge is 2.36. The largest absolute Gasteiger partial charge is 0.377 e. The van der Waals surface area contributed by atoms with Gasteiger partial charge in [-0.3, -0.25) is 0 Å². The second-order valence-corrected chi connectivity index (χ2v) is 4.99. The van der Waals surface area contributed by atoms with Gasteiger partial charge in [-0.1, -0.05) is 37.3 Å². The zero-order valence-electron chi connectivity index (χ0n) is 10.9. The summed E-state index contributed by atoms with van der Waals surface area (Å²) in [6.45, 7) is 3.20. The molecule has 0 aliphatic heterocycles. The summed E-state index contributed by atoms with van der Waals surface area (Å²) in [6.07, 6.45) is 4.81. The minimum atomic E-state index is 0.113. The van der Waals surface area contributed by atoms with Gasteiger partial charge in [0.25, 0.3) is 0 Å². The molecule has 2 nitrogen and oxygen atoms in total. The summed E-state index contributed by atoms with van der Waals surface area (Å²) >= 11 is 0. The van der Waals surface area contributed by atoms with Gasteiger partial charge in [0.1, 0.15) is 0 Å². The summed E-state index contributed by atoms with van der Waals surface area (Å²) in [5.74, 6) is 0. The maximum absolute atomic E-state index is 5.64. The van der Waals surface area contributed by atoms with Crippen molar-refractivity contribution in [1.82, 2.24) is 5.32 Å². The third kappa shape index (κ3) is 2.88. The van der Waals surface area contributed by atoms with Gasteiger partial charge in [0, 0.05) is 19.7 Å². The SMILES string of the molecule is CCC(NCC1(OC)CCC1)c1ccccc1. The van der Waals surface area contributed by atoms with E-state index >= 15 is 0 Å². The fraction of sp³-hybridized carbons (Fsp3) is 0.600. The van der Waals surface area contributed by atoms with Crippen LogP contribution in [0.2, 0.25) is 0 Å². The standard InChI is InChI=1S/C15H23NO/c1-3-14(13-8-5-4-6-9-13)16-12-15(17-2)10-7-11-15/h4-6,8-9,14,16H,3,7,10-12H2,1-2H3. The average molecular weight is 233 g/mol. The van der Waals surface area contributed by atoms with E-state index in [4.69, 9.17) is 4.74 Å². The molecule has 1 aliphatic rings. The smallest absolute Gasteiger partial charge is 0.0802 e. The molecule has 1 saturated carbocycles. The van der Waals surface area contributed by atoms with Crippen molar-refractivity contribution in [3.8, 4) is 0 Å². The van der Waals surface area contributed by atoms with E-state index in [1.807, 2.05) is 7.11 Å². The van der Waals surface area contributed by atoms with Crippen LogP contribution in [0.3, 0.4) is 0 Å². The van der Waals surface area contributed by atoms with E-state index in [-0.39, 0.29) is 5.60 Å². The fourth-order valence-corrected chi connectivity index (χ4v) is 2.52. The van der Waals surface area contributed by atoms with Crippen LogP contribution in [0.15, 0.2) is 30.3 Å². The van der Waals surface area contributed by atoms with E-state index in [2.05, 4.69) is 42.6 Å². The molecule has 2 heteroatoms. The van der Waals surface area contributed by atoms with Crippen molar-refractivity contribution >= 4 is 0 Å². The molecule has 0 heterocycles. The topological polar surface area (TPSA) is 21.3 Å². The zero-order valence-corrected chi connectivity index (χ0v) is 10.9. The first kappa shape index (κ1) is 12.6. The van der Waals surface area contributed by atoms with Crippen molar-refractivity contribution in [2.24, 2.45) is 0 Å². The number of methoxy groups -OCH3 is 1. The molecule has 1 N–H and O–H groups in total. The molecule has 1 fully saturated rings. The molecule has 0 bridgehead atoms. The quantitative estimate of drug-likeness (QED) is 0.814. The first-order valence-electron chi connectivity index (χ1n) is 6.63. The van der Waals surface area contributed by atoms with Gasteiger partial charge in [0.2, 0.25) is 0 Å². The van der Waals surface area contributed by atoms with Crippen molar-refractivity contribution < 1.29 is 4.74 Å². The molecule has 0 amide bonds. The molecule has 94 valence electrons. The molecule has 1 aromatic rings. The van der Waals surface area contributed by atoms with Crippen LogP contribution in [-0.2, 0) is 4.74 Å². The van der Waals surface area contributed by atoms with Gasteiger partial charge in [-0.05, 0) is 31.2 Å². The maximum atomic E-state index is 5.64. The van der Waals surface area contributed by atoms with E-state index in [0.29, 0.717) is 6.04 Å². The van der Waals surface area contributed by atoms with Gasteiger partial charge in [-0.25, -0.2) is 0 Å². The number of hydrogen-bond acceptors (Lipinski definition) is 2. The van der Waals surface area contributed by atoms with E-state index < -0.39 is 0 Å². The number of nitrogens with one attached hydrogen (secondary N) is 1. The van der Waals surface area contributed by atoms with Crippen LogP contribution >= 0.6 is 0 Å². The van der Waals surface area contributed by atoms with Crippen molar-refractivity contribution in [2.75, 3.05) is 13.7 Å². The summed E-state index contributed by atoms with van der Waals surface area (Å²) in [4.78, 5) is 0. The lowest BCUT2D eigenvalue weighted by molar-refractivity contribution is -0.0709. The molecule has 0 radical (unpaired) electrons. The molecule has 17 heavy (non-hydrogen) atoms. The molecule has 0 spiro atoms. The minimum Gasteiger partial charge on any atom is -0.377 e. The third-order valence-electron chi connectivity index (χ3n) is 3.98. The lowest BCUT2D eigenvalue weighted by Gasteiger charge is -2.41. The molecular formula is C15H23NO. The van der Waals surface area contributed by atoms with Crippen LogP contribution in [0.25, 0.3) is 0 Å². The zero-order chi connectivity index (χ0) is 12.1. The molecule has 1 unspecified atom stereocenters. The summed E-state index contributed by atoms with van der Waals surface area (Å²) < 4.78 is 5.64. The Morgan fingerprint density at radius 2 is 2.00 bits per heavy atom. The summed E-state index contributed by atoms with van der Waals surface area (Å²) in [7, 11) is 1.84. The van der Waals surface area contributed by atoms with Gasteiger partial charge < -0.3 is 10.1 Å². The van der Waals surface area contributed by atoms with Crippen LogP contribution in [0, 0.1) is 0 Å². The second kappa shape index (κ2) is 5.65. The maximum Gasteiger partial charge on any atom is 0.0802 e. The van der Waals surface area contributed by atoms with E-state index in [9.17, 15) is 0 Å². The van der Waals surface area contributed by atoms with Gasteiger partial charge in [0.05, 0.1) is 5.60 Å². The van der Waals surface area contributed by atoms with Gasteiger partial charge in [-0.15, -0.1) is 0 Å². The van der Waals surface area contributed by atoms with Crippen molar-refractivity contribution in [2.45, 2.75) is 44.2 Å². The van der Waals surface area contributed by atoms with E-state index in [1.54, 1.807) is 0 Å². The molecule has 1 atom stereocenters. The Morgan fingerprint density at radius 1 is 1.29 bits per heavy atom. The van der Waals surface area contributed by atoms with Crippen LogP contribution < -0.4 is 5.32 Å². The monoisotopic (exact) mass is 233 g/mol. The van der Waals surface area contributed by atoms with Crippen LogP contribution in [0.4, 0.5) is 0 Å². The van der Waals surface area contributed by atoms with Crippen molar-refractivity contribution in [3.05, 3.63) is 35.9 Å². The van der Waals surface area contributed by atoms with Crippen molar-refractivity contribution in [3.63, 3.8) is 0 Å². The fourth-order valence-electron chi connectivity index (χ4n) is 2.52. The Kier molecular flexibility index (Phi) is 4.19. The van der Waals surface area contributed by atoms with Gasteiger partial charge in [0.15, 0.2) is 0 Å². The molecule has 1 aromatic carbocycles. The Labute approximate surface area is 104 Å². The highest BCUT2D eigenvalue weighted by Crippen LogP contribution is 2.35. The number of hydrogen-bond donors (Lipinski definition) is 1. The van der Waals surface area contributed by atoms with E-state index in [0.717, 1.165) is 13.0 Å². The Morgan fingerprint density at radius 3 is 2.47 bits per heavy atom.